The number of para-hydroxylation sites is 1. The number of nitrogens with one attached hydrogen (secondary N) is 2. The average molecular weight is 495 g/mol. The molecule has 0 radical (unpaired) electrons. The molecule has 2 heterocycles. The summed E-state index contributed by atoms with van der Waals surface area (Å²) in [5, 5.41) is 10.4. The maximum Gasteiger partial charge on any atom is 0.263 e. The number of aromatic nitrogens is 3. The van der Waals surface area contributed by atoms with Gasteiger partial charge in [0.25, 0.3) is 11.8 Å². The number of primary amides is 1. The summed E-state index contributed by atoms with van der Waals surface area (Å²) in [6.45, 7) is 0.175. The third-order valence-electron chi connectivity index (χ3n) is 6.28. The average Bonchev–Trinajstić information content (AvgIpc) is 3.56. The van der Waals surface area contributed by atoms with Crippen molar-refractivity contribution in [1.82, 2.24) is 25.4 Å². The van der Waals surface area contributed by atoms with Gasteiger partial charge in [0.15, 0.2) is 0 Å². The molecule has 1 fully saturated rings. The van der Waals surface area contributed by atoms with Gasteiger partial charge in [0.05, 0.1) is 30.2 Å². The number of carbonyl (C=O) groups is 3. The van der Waals surface area contributed by atoms with Crippen LogP contribution in [0.4, 0.5) is 0 Å². The Bertz CT molecular complexity index is 1150. The second kappa shape index (κ2) is 11.7. The summed E-state index contributed by atoms with van der Waals surface area (Å²) in [4.78, 5) is 41.7. The Morgan fingerprint density at radius 1 is 1.09 bits per heavy atom. The fourth-order valence-corrected chi connectivity index (χ4v) is 5.07. The lowest BCUT2D eigenvalue weighted by atomic mass is 9.85. The number of nitrogens with two attached hydrogens (primary N) is 1. The smallest absolute Gasteiger partial charge is 0.263 e. The molecule has 1 aliphatic carbocycles. The van der Waals surface area contributed by atoms with Gasteiger partial charge < -0.3 is 16.4 Å². The molecule has 4 rings (SSSR count). The first kappa shape index (κ1) is 24.6. The van der Waals surface area contributed by atoms with Gasteiger partial charge >= 0.3 is 0 Å². The predicted molar refractivity (Wildman–Crippen MR) is 133 cm³/mol. The highest BCUT2D eigenvalue weighted by molar-refractivity contribution is 7.13. The van der Waals surface area contributed by atoms with Crippen LogP contribution in [0.2, 0.25) is 0 Å². The first-order valence-corrected chi connectivity index (χ1v) is 12.7. The second-order valence-corrected chi connectivity index (χ2v) is 9.94. The van der Waals surface area contributed by atoms with E-state index < -0.39 is 11.9 Å². The summed E-state index contributed by atoms with van der Waals surface area (Å²) in [6, 6.07) is 8.81. The van der Waals surface area contributed by atoms with Crippen LogP contribution in [0.1, 0.15) is 70.0 Å². The van der Waals surface area contributed by atoms with Crippen molar-refractivity contribution in [2.45, 2.75) is 57.5 Å². The molecule has 3 aromatic rings. The highest BCUT2D eigenvalue weighted by atomic mass is 32.1. The van der Waals surface area contributed by atoms with E-state index in [1.54, 1.807) is 10.9 Å². The van der Waals surface area contributed by atoms with Crippen LogP contribution in [0, 0.1) is 5.92 Å². The minimum absolute atomic E-state index is 0.175. The lowest BCUT2D eigenvalue weighted by molar-refractivity contribution is -0.120. The van der Waals surface area contributed by atoms with E-state index in [1.807, 2.05) is 30.3 Å². The third-order valence-corrected chi connectivity index (χ3v) is 7.28. The number of benzene rings is 1. The Morgan fingerprint density at radius 2 is 1.86 bits per heavy atom. The fourth-order valence-electron chi connectivity index (χ4n) is 4.31. The van der Waals surface area contributed by atoms with Crippen LogP contribution in [0.5, 0.6) is 0 Å². The molecule has 1 aromatic carbocycles. The molecule has 2 aromatic heterocycles. The van der Waals surface area contributed by atoms with E-state index in [-0.39, 0.29) is 18.4 Å². The number of nitrogens with zero attached hydrogens (tertiary/aromatic N) is 3. The number of thiazole rings is 1. The predicted octanol–water partition coefficient (Wildman–Crippen LogP) is 3.20. The van der Waals surface area contributed by atoms with Gasteiger partial charge in [-0.05, 0) is 30.9 Å². The van der Waals surface area contributed by atoms with E-state index in [0.29, 0.717) is 27.8 Å². The highest BCUT2D eigenvalue weighted by Gasteiger charge is 2.23. The van der Waals surface area contributed by atoms with E-state index in [0.717, 1.165) is 12.1 Å². The van der Waals surface area contributed by atoms with E-state index in [1.165, 1.54) is 55.8 Å². The minimum Gasteiger partial charge on any atom is -0.368 e. The quantitative estimate of drug-likeness (QED) is 0.398. The standard InChI is InChI=1S/C25H30N6O3S/c26-23(32)20(12-11-17-7-3-1-4-8-17)30-25(34)21-14-27-22(35-21)15-28-24(33)18-13-29-31(16-18)19-9-5-2-6-10-19/h2,5-6,9-10,13-14,16-17,20H,1,3-4,7-8,11-12,15H2,(H2,26,32)(H,28,33)(H,30,34)/t20-/m0/s1. The van der Waals surface area contributed by atoms with E-state index in [4.69, 9.17) is 5.73 Å². The molecule has 1 aliphatic rings. The lowest BCUT2D eigenvalue weighted by Gasteiger charge is -2.23. The van der Waals surface area contributed by atoms with Crippen LogP contribution in [0.25, 0.3) is 5.69 Å². The molecule has 0 aliphatic heterocycles. The Hall–Kier alpha value is -3.53. The number of amides is 3. The van der Waals surface area contributed by atoms with Crippen LogP contribution in [0.3, 0.4) is 0 Å². The Labute approximate surface area is 208 Å². The van der Waals surface area contributed by atoms with Crippen molar-refractivity contribution in [1.29, 1.82) is 0 Å². The van der Waals surface area contributed by atoms with Crippen molar-refractivity contribution in [2.75, 3.05) is 0 Å². The van der Waals surface area contributed by atoms with Crippen molar-refractivity contribution in [3.63, 3.8) is 0 Å². The normalized spacial score (nSPS) is 14.9. The molecule has 1 atom stereocenters. The van der Waals surface area contributed by atoms with Crippen LogP contribution >= 0.6 is 11.3 Å². The molecule has 35 heavy (non-hydrogen) atoms. The van der Waals surface area contributed by atoms with Crippen LogP contribution < -0.4 is 16.4 Å². The first-order chi connectivity index (χ1) is 17.0. The number of rotatable bonds is 10. The summed E-state index contributed by atoms with van der Waals surface area (Å²) >= 11 is 1.17. The molecule has 0 saturated heterocycles. The van der Waals surface area contributed by atoms with Gasteiger partial charge in [-0.2, -0.15) is 5.10 Å². The summed E-state index contributed by atoms with van der Waals surface area (Å²) in [6.07, 6.45) is 12.1. The topological polar surface area (TPSA) is 132 Å². The number of carbonyl (C=O) groups excluding carboxylic acids is 3. The van der Waals surface area contributed by atoms with Gasteiger partial charge in [-0.3, -0.25) is 14.4 Å². The van der Waals surface area contributed by atoms with Gasteiger partial charge in [-0.1, -0.05) is 50.3 Å². The molecule has 184 valence electrons. The Balaban J connectivity index is 1.27. The van der Waals surface area contributed by atoms with E-state index in [9.17, 15) is 14.4 Å². The minimum atomic E-state index is -0.698. The zero-order valence-electron chi connectivity index (χ0n) is 19.5. The van der Waals surface area contributed by atoms with Crippen molar-refractivity contribution < 1.29 is 14.4 Å². The maximum absolute atomic E-state index is 12.7. The van der Waals surface area contributed by atoms with Crippen molar-refractivity contribution in [3.8, 4) is 5.69 Å². The SMILES string of the molecule is NC(=O)[C@H](CCC1CCCCC1)NC(=O)c1cnc(CNC(=O)c2cnn(-c3ccccc3)c2)s1. The molecular formula is C25H30N6O3S. The molecule has 1 saturated carbocycles. The van der Waals surface area contributed by atoms with Crippen molar-refractivity contribution >= 4 is 29.1 Å². The number of hydrogen-bond donors (Lipinski definition) is 3. The second-order valence-electron chi connectivity index (χ2n) is 8.82. The summed E-state index contributed by atoms with van der Waals surface area (Å²) in [5.41, 5.74) is 6.82. The molecule has 3 amide bonds. The largest absolute Gasteiger partial charge is 0.368 e. The van der Waals surface area contributed by atoms with Gasteiger partial charge in [-0.15, -0.1) is 11.3 Å². The van der Waals surface area contributed by atoms with E-state index >= 15 is 0 Å². The monoisotopic (exact) mass is 494 g/mol. The molecule has 0 unspecified atom stereocenters. The van der Waals surface area contributed by atoms with Gasteiger partial charge in [0.2, 0.25) is 5.91 Å². The van der Waals surface area contributed by atoms with Crippen LogP contribution in [-0.2, 0) is 11.3 Å². The highest BCUT2D eigenvalue weighted by Crippen LogP contribution is 2.27. The zero-order valence-corrected chi connectivity index (χ0v) is 20.3. The molecule has 10 heteroatoms. The van der Waals surface area contributed by atoms with Crippen LogP contribution in [0.15, 0.2) is 48.9 Å². The fraction of sp³-hybridized carbons (Fsp3) is 0.400. The number of hydrogen-bond acceptors (Lipinski definition) is 6. The zero-order chi connectivity index (χ0) is 24.6. The Kier molecular flexibility index (Phi) is 8.25. The molecule has 4 N–H and O–H groups in total. The molecule has 0 spiro atoms. The van der Waals surface area contributed by atoms with Gasteiger partial charge in [0.1, 0.15) is 15.9 Å². The molecule has 0 bridgehead atoms. The van der Waals surface area contributed by atoms with Gasteiger partial charge in [0, 0.05) is 6.20 Å². The summed E-state index contributed by atoms with van der Waals surface area (Å²) < 4.78 is 1.63. The van der Waals surface area contributed by atoms with Crippen LogP contribution in [-0.4, -0.2) is 38.5 Å². The van der Waals surface area contributed by atoms with Gasteiger partial charge in [-0.25, -0.2) is 9.67 Å². The molecular weight excluding hydrogens is 464 g/mol. The summed E-state index contributed by atoms with van der Waals surface area (Å²) in [5.74, 6) is -0.593. The third kappa shape index (κ3) is 6.75. The first-order valence-electron chi connectivity index (χ1n) is 11.9. The van der Waals surface area contributed by atoms with Crippen molar-refractivity contribution in [3.05, 3.63) is 64.4 Å². The van der Waals surface area contributed by atoms with Crippen molar-refractivity contribution in [2.24, 2.45) is 11.7 Å². The Morgan fingerprint density at radius 3 is 2.60 bits per heavy atom. The van der Waals surface area contributed by atoms with E-state index in [2.05, 4.69) is 20.7 Å². The maximum atomic E-state index is 12.7. The lowest BCUT2D eigenvalue weighted by Crippen LogP contribution is -2.44. The summed E-state index contributed by atoms with van der Waals surface area (Å²) in [7, 11) is 0. The molecule has 9 nitrogen and oxygen atoms in total.